The van der Waals surface area contributed by atoms with Gasteiger partial charge in [0.25, 0.3) is 0 Å². The molecule has 1 aromatic rings. The van der Waals surface area contributed by atoms with E-state index in [-0.39, 0.29) is 11.6 Å². The summed E-state index contributed by atoms with van der Waals surface area (Å²) in [5.41, 5.74) is 5.64. The van der Waals surface area contributed by atoms with Gasteiger partial charge in [-0.05, 0) is 42.9 Å². The van der Waals surface area contributed by atoms with Crippen molar-refractivity contribution in [2.45, 2.75) is 56.6 Å². The van der Waals surface area contributed by atoms with Crippen molar-refractivity contribution in [3.05, 3.63) is 29.3 Å². The Morgan fingerprint density at radius 2 is 2.19 bits per heavy atom. The summed E-state index contributed by atoms with van der Waals surface area (Å²) >= 11 is 0. The molecule has 3 N–H and O–H groups in total. The highest BCUT2D eigenvalue weighted by atomic mass is 16.5. The molecule has 4 nitrogen and oxygen atoms in total. The number of rotatable bonds is 6. The number of nitrogens with two attached hydrogens (primary N) is 1. The van der Waals surface area contributed by atoms with E-state index in [1.807, 2.05) is 7.11 Å². The number of ether oxygens (including phenoxy) is 2. The highest BCUT2D eigenvalue weighted by Gasteiger charge is 2.40. The first-order chi connectivity index (χ1) is 10.3. The van der Waals surface area contributed by atoms with E-state index in [4.69, 9.17) is 15.3 Å². The van der Waals surface area contributed by atoms with Gasteiger partial charge >= 0.3 is 0 Å². The first-order valence-electron chi connectivity index (χ1n) is 8.03. The standard InChI is InChI=1S/C17H26N2O2/c1-20-17(9-2-3-10-17)16(19-18)7-5-13-4-6-15-14(12-13)8-11-21-15/h4,6,12,16,19H,2-3,5,7-11,18H2,1H3. The Bertz CT molecular complexity index is 484. The van der Waals surface area contributed by atoms with Crippen molar-refractivity contribution < 1.29 is 9.47 Å². The summed E-state index contributed by atoms with van der Waals surface area (Å²) in [4.78, 5) is 0. The molecule has 0 saturated heterocycles. The molecule has 0 spiro atoms. The average Bonchev–Trinajstić information content (AvgIpc) is 3.17. The van der Waals surface area contributed by atoms with Gasteiger partial charge in [-0.1, -0.05) is 25.0 Å². The third kappa shape index (κ3) is 2.93. The van der Waals surface area contributed by atoms with Gasteiger partial charge in [0.15, 0.2) is 0 Å². The van der Waals surface area contributed by atoms with Crippen LogP contribution in [0.4, 0.5) is 0 Å². The van der Waals surface area contributed by atoms with Gasteiger partial charge in [-0.2, -0.15) is 0 Å². The number of fused-ring (bicyclic) bond motifs is 1. The Hall–Kier alpha value is -1.10. The van der Waals surface area contributed by atoms with E-state index in [0.717, 1.165) is 44.5 Å². The van der Waals surface area contributed by atoms with Crippen LogP contribution in [0.2, 0.25) is 0 Å². The maximum Gasteiger partial charge on any atom is 0.122 e. The van der Waals surface area contributed by atoms with E-state index in [9.17, 15) is 0 Å². The SMILES string of the molecule is COC1(C(CCc2ccc3c(c2)CCO3)NN)CCCC1. The molecule has 1 fully saturated rings. The van der Waals surface area contributed by atoms with Crippen LogP contribution in [0, 0.1) is 0 Å². The fourth-order valence-electron chi connectivity index (χ4n) is 3.87. The lowest BCUT2D eigenvalue weighted by Crippen LogP contribution is -2.53. The van der Waals surface area contributed by atoms with Gasteiger partial charge in [-0.25, -0.2) is 0 Å². The highest BCUT2D eigenvalue weighted by molar-refractivity contribution is 5.39. The first kappa shape index (κ1) is 14.8. The molecule has 1 aliphatic carbocycles. The highest BCUT2D eigenvalue weighted by Crippen LogP contribution is 2.37. The summed E-state index contributed by atoms with van der Waals surface area (Å²) in [6, 6.07) is 6.77. The van der Waals surface area contributed by atoms with Crippen LogP contribution in [0.1, 0.15) is 43.2 Å². The molecule has 0 amide bonds. The fourth-order valence-corrected chi connectivity index (χ4v) is 3.87. The summed E-state index contributed by atoms with van der Waals surface area (Å²) in [7, 11) is 1.82. The summed E-state index contributed by atoms with van der Waals surface area (Å²) in [6.45, 7) is 0.818. The van der Waals surface area contributed by atoms with E-state index >= 15 is 0 Å². The summed E-state index contributed by atoms with van der Waals surface area (Å²) < 4.78 is 11.4. The zero-order valence-electron chi connectivity index (χ0n) is 12.9. The van der Waals surface area contributed by atoms with Crippen molar-refractivity contribution in [3.8, 4) is 5.75 Å². The van der Waals surface area contributed by atoms with Gasteiger partial charge in [0.2, 0.25) is 0 Å². The monoisotopic (exact) mass is 290 g/mol. The van der Waals surface area contributed by atoms with Gasteiger partial charge < -0.3 is 9.47 Å². The molecule has 21 heavy (non-hydrogen) atoms. The molecule has 1 saturated carbocycles. The van der Waals surface area contributed by atoms with Gasteiger partial charge in [-0.3, -0.25) is 11.3 Å². The van der Waals surface area contributed by atoms with E-state index < -0.39 is 0 Å². The minimum Gasteiger partial charge on any atom is -0.493 e. The number of aryl methyl sites for hydroxylation is 1. The third-order valence-electron chi connectivity index (χ3n) is 5.17. The van der Waals surface area contributed by atoms with Crippen molar-refractivity contribution in [3.63, 3.8) is 0 Å². The maximum atomic E-state index is 5.85. The second-order valence-corrected chi connectivity index (χ2v) is 6.27. The number of hydrogen-bond donors (Lipinski definition) is 2. The molecule has 4 heteroatoms. The van der Waals surface area contributed by atoms with Gasteiger partial charge in [0, 0.05) is 13.5 Å². The van der Waals surface area contributed by atoms with Gasteiger partial charge in [0.1, 0.15) is 5.75 Å². The van der Waals surface area contributed by atoms with Crippen molar-refractivity contribution in [1.29, 1.82) is 0 Å². The van der Waals surface area contributed by atoms with Crippen LogP contribution in [-0.2, 0) is 17.6 Å². The first-order valence-corrected chi connectivity index (χ1v) is 8.03. The lowest BCUT2D eigenvalue weighted by atomic mass is 9.88. The van der Waals surface area contributed by atoms with Crippen LogP contribution >= 0.6 is 0 Å². The summed E-state index contributed by atoms with van der Waals surface area (Å²) in [5.74, 6) is 6.87. The molecular weight excluding hydrogens is 264 g/mol. The molecule has 0 bridgehead atoms. The minimum atomic E-state index is -0.0748. The Morgan fingerprint density at radius 1 is 1.38 bits per heavy atom. The van der Waals surface area contributed by atoms with Crippen LogP contribution in [-0.4, -0.2) is 25.4 Å². The van der Waals surface area contributed by atoms with Crippen molar-refractivity contribution in [2.24, 2.45) is 5.84 Å². The van der Waals surface area contributed by atoms with Crippen LogP contribution < -0.4 is 16.0 Å². The third-order valence-corrected chi connectivity index (χ3v) is 5.17. The summed E-state index contributed by atoms with van der Waals surface area (Å²) in [6.07, 6.45) is 7.75. The second kappa shape index (κ2) is 6.34. The minimum absolute atomic E-state index is 0.0748. The predicted molar refractivity (Wildman–Crippen MR) is 83.3 cm³/mol. The Morgan fingerprint density at radius 3 is 2.90 bits per heavy atom. The molecule has 3 rings (SSSR count). The number of hydrazine groups is 1. The second-order valence-electron chi connectivity index (χ2n) is 6.27. The molecule has 1 unspecified atom stereocenters. The molecule has 1 atom stereocenters. The molecule has 0 aromatic heterocycles. The molecule has 1 heterocycles. The average molecular weight is 290 g/mol. The Kier molecular flexibility index (Phi) is 4.48. The van der Waals surface area contributed by atoms with Crippen LogP contribution in [0.5, 0.6) is 5.75 Å². The Balaban J connectivity index is 1.65. The van der Waals surface area contributed by atoms with Crippen LogP contribution in [0.3, 0.4) is 0 Å². The van der Waals surface area contributed by atoms with Crippen molar-refractivity contribution in [2.75, 3.05) is 13.7 Å². The summed E-state index contributed by atoms with van der Waals surface area (Å²) in [5, 5.41) is 0. The Labute approximate surface area is 127 Å². The molecule has 1 aromatic carbocycles. The van der Waals surface area contributed by atoms with Gasteiger partial charge in [-0.15, -0.1) is 0 Å². The lowest BCUT2D eigenvalue weighted by molar-refractivity contribution is -0.0377. The lowest BCUT2D eigenvalue weighted by Gasteiger charge is -2.36. The topological polar surface area (TPSA) is 56.5 Å². The van der Waals surface area contributed by atoms with Crippen molar-refractivity contribution in [1.82, 2.24) is 5.43 Å². The number of hydrogen-bond acceptors (Lipinski definition) is 4. The normalized spacial score (nSPS) is 21.0. The molecule has 116 valence electrons. The van der Waals surface area contributed by atoms with E-state index in [1.165, 1.54) is 24.0 Å². The van der Waals surface area contributed by atoms with Crippen LogP contribution in [0.25, 0.3) is 0 Å². The zero-order chi connectivity index (χ0) is 14.7. The maximum absolute atomic E-state index is 5.85. The van der Waals surface area contributed by atoms with E-state index in [2.05, 4.69) is 23.6 Å². The van der Waals surface area contributed by atoms with E-state index in [0.29, 0.717) is 0 Å². The number of methoxy groups -OCH3 is 1. The largest absolute Gasteiger partial charge is 0.493 e. The molecule has 1 aliphatic heterocycles. The van der Waals surface area contributed by atoms with Gasteiger partial charge in [0.05, 0.1) is 18.2 Å². The molecule has 0 radical (unpaired) electrons. The van der Waals surface area contributed by atoms with E-state index in [1.54, 1.807) is 0 Å². The molecule has 2 aliphatic rings. The predicted octanol–water partition coefficient (Wildman–Crippen LogP) is 2.35. The number of nitrogens with one attached hydrogen (secondary N) is 1. The van der Waals surface area contributed by atoms with Crippen LogP contribution in [0.15, 0.2) is 18.2 Å². The molecular formula is C17H26N2O2. The zero-order valence-corrected chi connectivity index (χ0v) is 12.9. The quantitative estimate of drug-likeness (QED) is 0.624. The fraction of sp³-hybridized carbons (Fsp3) is 0.647. The number of benzene rings is 1. The van der Waals surface area contributed by atoms with Crippen molar-refractivity contribution >= 4 is 0 Å². The smallest absolute Gasteiger partial charge is 0.122 e.